The first-order valence-corrected chi connectivity index (χ1v) is 9.91. The molecule has 1 fully saturated rings. The zero-order valence-corrected chi connectivity index (χ0v) is 14.8. The van der Waals surface area contributed by atoms with Gasteiger partial charge in [0.05, 0.1) is 18.9 Å². The molecule has 130 valence electrons. The van der Waals surface area contributed by atoms with Crippen LogP contribution >= 0.6 is 0 Å². The van der Waals surface area contributed by atoms with E-state index in [1.165, 1.54) is 10.6 Å². The Kier molecular flexibility index (Phi) is 8.74. The van der Waals surface area contributed by atoms with Gasteiger partial charge in [-0.1, -0.05) is 6.92 Å². The Bertz CT molecular complexity index is 433. The number of hydrogen-bond acceptors (Lipinski definition) is 4. The molecule has 1 rings (SSSR count). The lowest BCUT2D eigenvalue weighted by Gasteiger charge is -2.18. The van der Waals surface area contributed by atoms with Gasteiger partial charge < -0.3 is 15.4 Å². The lowest BCUT2D eigenvalue weighted by molar-refractivity contribution is 0.117. The monoisotopic (exact) mass is 334 g/mol. The summed E-state index contributed by atoms with van der Waals surface area (Å²) in [7, 11) is -3.10. The second-order valence-corrected chi connectivity index (χ2v) is 7.37. The quantitative estimate of drug-likeness (QED) is 0.362. The van der Waals surface area contributed by atoms with Crippen molar-refractivity contribution in [3.8, 4) is 0 Å². The Balaban J connectivity index is 2.32. The molecule has 1 atom stereocenters. The Morgan fingerprint density at radius 2 is 2.14 bits per heavy atom. The summed E-state index contributed by atoms with van der Waals surface area (Å²) in [5.41, 5.74) is 0. The fourth-order valence-corrected chi connectivity index (χ4v) is 3.27. The Morgan fingerprint density at radius 3 is 2.68 bits per heavy atom. The van der Waals surface area contributed by atoms with Crippen molar-refractivity contribution in [1.29, 1.82) is 0 Å². The minimum absolute atomic E-state index is 0.233. The average Bonchev–Trinajstić information content (AvgIpc) is 2.96. The van der Waals surface area contributed by atoms with Gasteiger partial charge in [0, 0.05) is 32.8 Å². The fraction of sp³-hybridized carbons (Fsp3) is 0.929. The first-order chi connectivity index (χ1) is 10.5. The molecule has 2 N–H and O–H groups in total. The van der Waals surface area contributed by atoms with E-state index in [4.69, 9.17) is 4.74 Å². The predicted molar refractivity (Wildman–Crippen MR) is 89.7 cm³/mol. The van der Waals surface area contributed by atoms with E-state index in [1.54, 1.807) is 0 Å². The van der Waals surface area contributed by atoms with E-state index >= 15 is 0 Å². The van der Waals surface area contributed by atoms with Crippen LogP contribution in [0.4, 0.5) is 0 Å². The van der Waals surface area contributed by atoms with E-state index in [0.29, 0.717) is 26.2 Å². The van der Waals surface area contributed by atoms with Gasteiger partial charge >= 0.3 is 0 Å². The molecular weight excluding hydrogens is 304 g/mol. The van der Waals surface area contributed by atoms with E-state index in [2.05, 4.69) is 15.6 Å². The van der Waals surface area contributed by atoms with E-state index < -0.39 is 10.0 Å². The maximum Gasteiger partial charge on any atom is 0.211 e. The largest absolute Gasteiger partial charge is 0.376 e. The molecule has 1 aliphatic heterocycles. The van der Waals surface area contributed by atoms with Crippen molar-refractivity contribution in [2.75, 3.05) is 45.6 Å². The molecule has 0 aromatic carbocycles. The molecule has 0 radical (unpaired) electrons. The zero-order chi connectivity index (χ0) is 16.4. The number of rotatable bonds is 9. The molecule has 1 heterocycles. The van der Waals surface area contributed by atoms with Crippen LogP contribution in [-0.2, 0) is 14.8 Å². The SMILES string of the molecule is CCNC(=NCC1CCCO1)NCCCN(CC)S(C)(=O)=O. The molecule has 0 aromatic heterocycles. The maximum absolute atomic E-state index is 11.5. The van der Waals surface area contributed by atoms with Crippen LogP contribution in [0.25, 0.3) is 0 Å². The summed E-state index contributed by atoms with van der Waals surface area (Å²) in [5.74, 6) is 0.764. The molecule has 0 spiro atoms. The van der Waals surface area contributed by atoms with Crippen molar-refractivity contribution in [2.45, 2.75) is 39.2 Å². The third kappa shape index (κ3) is 7.42. The van der Waals surface area contributed by atoms with Crippen molar-refractivity contribution in [1.82, 2.24) is 14.9 Å². The van der Waals surface area contributed by atoms with Gasteiger partial charge in [0.2, 0.25) is 10.0 Å². The van der Waals surface area contributed by atoms with Crippen LogP contribution in [0.2, 0.25) is 0 Å². The van der Waals surface area contributed by atoms with Crippen LogP contribution < -0.4 is 10.6 Å². The number of sulfonamides is 1. The highest BCUT2D eigenvalue weighted by Crippen LogP contribution is 2.11. The van der Waals surface area contributed by atoms with Crippen LogP contribution in [0.1, 0.15) is 33.1 Å². The van der Waals surface area contributed by atoms with Crippen LogP contribution in [0, 0.1) is 0 Å². The van der Waals surface area contributed by atoms with Gasteiger partial charge in [-0.05, 0) is 26.2 Å². The molecule has 1 unspecified atom stereocenters. The van der Waals surface area contributed by atoms with E-state index in [0.717, 1.165) is 38.4 Å². The van der Waals surface area contributed by atoms with Gasteiger partial charge in [0.15, 0.2) is 5.96 Å². The van der Waals surface area contributed by atoms with Gasteiger partial charge in [-0.2, -0.15) is 0 Å². The third-order valence-electron chi connectivity index (χ3n) is 3.52. The summed E-state index contributed by atoms with van der Waals surface area (Å²) in [5, 5.41) is 6.43. The van der Waals surface area contributed by atoms with E-state index in [1.807, 2.05) is 13.8 Å². The molecule has 1 saturated heterocycles. The van der Waals surface area contributed by atoms with Gasteiger partial charge in [-0.25, -0.2) is 12.7 Å². The number of ether oxygens (including phenoxy) is 1. The lowest BCUT2D eigenvalue weighted by atomic mass is 10.2. The van der Waals surface area contributed by atoms with E-state index in [9.17, 15) is 8.42 Å². The van der Waals surface area contributed by atoms with Crippen molar-refractivity contribution < 1.29 is 13.2 Å². The third-order valence-corrected chi connectivity index (χ3v) is 4.90. The average molecular weight is 334 g/mol. The number of aliphatic imine (C=N–C) groups is 1. The van der Waals surface area contributed by atoms with Gasteiger partial charge in [-0.15, -0.1) is 0 Å². The Hall–Kier alpha value is -0.860. The molecule has 0 saturated carbocycles. The van der Waals surface area contributed by atoms with Crippen molar-refractivity contribution in [2.24, 2.45) is 4.99 Å². The number of nitrogens with zero attached hydrogens (tertiary/aromatic N) is 2. The van der Waals surface area contributed by atoms with Crippen LogP contribution in [0.5, 0.6) is 0 Å². The van der Waals surface area contributed by atoms with Gasteiger partial charge in [-0.3, -0.25) is 4.99 Å². The first kappa shape index (κ1) is 19.2. The topological polar surface area (TPSA) is 83.0 Å². The lowest BCUT2D eigenvalue weighted by Crippen LogP contribution is -2.39. The summed E-state index contributed by atoms with van der Waals surface area (Å²) in [6.45, 7) is 7.88. The van der Waals surface area contributed by atoms with Crippen molar-refractivity contribution in [3.05, 3.63) is 0 Å². The van der Waals surface area contributed by atoms with Gasteiger partial charge in [0.25, 0.3) is 0 Å². The molecule has 22 heavy (non-hydrogen) atoms. The molecule has 0 amide bonds. The molecule has 7 nitrogen and oxygen atoms in total. The summed E-state index contributed by atoms with van der Waals surface area (Å²) >= 11 is 0. The van der Waals surface area contributed by atoms with Crippen LogP contribution in [-0.4, -0.2) is 70.4 Å². The Morgan fingerprint density at radius 1 is 1.36 bits per heavy atom. The number of nitrogens with one attached hydrogen (secondary N) is 2. The van der Waals surface area contributed by atoms with E-state index in [-0.39, 0.29) is 6.10 Å². The highest BCUT2D eigenvalue weighted by Gasteiger charge is 2.15. The predicted octanol–water partition coefficient (Wildman–Crippen LogP) is 0.392. The highest BCUT2D eigenvalue weighted by molar-refractivity contribution is 7.88. The summed E-state index contributed by atoms with van der Waals surface area (Å²) in [6.07, 6.45) is 4.41. The molecule has 0 bridgehead atoms. The second-order valence-electron chi connectivity index (χ2n) is 5.39. The molecule has 8 heteroatoms. The maximum atomic E-state index is 11.5. The van der Waals surface area contributed by atoms with Crippen molar-refractivity contribution >= 4 is 16.0 Å². The normalized spacial score (nSPS) is 19.6. The summed E-state index contributed by atoms with van der Waals surface area (Å²) in [6, 6.07) is 0. The van der Waals surface area contributed by atoms with Crippen LogP contribution in [0.15, 0.2) is 4.99 Å². The summed E-state index contributed by atoms with van der Waals surface area (Å²) in [4.78, 5) is 4.52. The number of guanidine groups is 1. The number of hydrogen-bond donors (Lipinski definition) is 2. The minimum atomic E-state index is -3.10. The minimum Gasteiger partial charge on any atom is -0.376 e. The fourth-order valence-electron chi connectivity index (χ4n) is 2.34. The highest BCUT2D eigenvalue weighted by atomic mass is 32.2. The zero-order valence-electron chi connectivity index (χ0n) is 14.0. The Labute approximate surface area is 134 Å². The first-order valence-electron chi connectivity index (χ1n) is 8.06. The smallest absolute Gasteiger partial charge is 0.211 e. The van der Waals surface area contributed by atoms with Crippen molar-refractivity contribution in [3.63, 3.8) is 0 Å². The molecule has 1 aliphatic rings. The molecule has 0 aliphatic carbocycles. The molecular formula is C14H30N4O3S. The van der Waals surface area contributed by atoms with Crippen LogP contribution in [0.3, 0.4) is 0 Å². The molecule has 0 aromatic rings. The second kappa shape index (κ2) is 10.0. The standard InChI is InChI=1S/C14H30N4O3S/c1-4-15-14(17-12-13-8-6-11-21-13)16-9-7-10-18(5-2)22(3,19)20/h13H,4-12H2,1-3H3,(H2,15,16,17). The van der Waals surface area contributed by atoms with Gasteiger partial charge in [0.1, 0.15) is 0 Å². The summed E-state index contributed by atoms with van der Waals surface area (Å²) < 4.78 is 30.0.